The lowest BCUT2D eigenvalue weighted by Crippen LogP contribution is -2.18. The van der Waals surface area contributed by atoms with Crippen LogP contribution < -0.4 is 10.6 Å². The molecule has 0 saturated heterocycles. The highest BCUT2D eigenvalue weighted by atomic mass is 32.1. The van der Waals surface area contributed by atoms with E-state index in [1.165, 1.54) is 24.6 Å². The van der Waals surface area contributed by atoms with Crippen LogP contribution in [-0.4, -0.2) is 16.8 Å². The summed E-state index contributed by atoms with van der Waals surface area (Å²) in [6, 6.07) is 3.29. The number of carbonyl (C=O) groups is 2. The zero-order valence-corrected chi connectivity index (χ0v) is 14.7. The number of amides is 2. The average molecular weight is 347 g/mol. The summed E-state index contributed by atoms with van der Waals surface area (Å²) in [5.74, 6) is 1.02. The number of furan rings is 1. The van der Waals surface area contributed by atoms with Gasteiger partial charge in [-0.15, -0.1) is 11.3 Å². The molecule has 0 unspecified atom stereocenters. The van der Waals surface area contributed by atoms with Crippen molar-refractivity contribution in [3.8, 4) is 0 Å². The molecule has 0 aliphatic heterocycles. The number of rotatable bonds is 5. The maximum atomic E-state index is 12.3. The summed E-state index contributed by atoms with van der Waals surface area (Å²) in [6.45, 7) is 3.92. The van der Waals surface area contributed by atoms with E-state index in [1.807, 2.05) is 0 Å². The maximum Gasteiger partial charge on any atom is 0.293 e. The van der Waals surface area contributed by atoms with Crippen molar-refractivity contribution in [3.05, 3.63) is 34.2 Å². The summed E-state index contributed by atoms with van der Waals surface area (Å²) in [6.07, 6.45) is 4.40. The molecule has 1 atom stereocenters. The van der Waals surface area contributed by atoms with Gasteiger partial charge in [-0.1, -0.05) is 13.3 Å². The Balaban J connectivity index is 1.63. The fraction of sp³-hybridized carbons (Fsp3) is 0.471. The number of hydrogen-bond donors (Lipinski definition) is 2. The van der Waals surface area contributed by atoms with Crippen LogP contribution in [0.3, 0.4) is 0 Å². The predicted octanol–water partition coefficient (Wildman–Crippen LogP) is 3.14. The molecule has 2 aromatic rings. The quantitative estimate of drug-likeness (QED) is 0.870. The van der Waals surface area contributed by atoms with E-state index in [4.69, 9.17) is 4.42 Å². The molecule has 2 amide bonds. The first-order chi connectivity index (χ1) is 11.5. The van der Waals surface area contributed by atoms with Gasteiger partial charge in [-0.3, -0.25) is 14.9 Å². The maximum absolute atomic E-state index is 12.3. The van der Waals surface area contributed by atoms with Gasteiger partial charge in [0.15, 0.2) is 10.9 Å². The summed E-state index contributed by atoms with van der Waals surface area (Å²) in [5, 5.41) is 6.07. The molecule has 0 spiro atoms. The van der Waals surface area contributed by atoms with Crippen LogP contribution >= 0.6 is 11.3 Å². The van der Waals surface area contributed by atoms with Crippen molar-refractivity contribution in [2.24, 2.45) is 5.92 Å². The number of carbonyl (C=O) groups excluding carboxylic acids is 2. The molecular formula is C17H21N3O3S. The monoisotopic (exact) mass is 347 g/mol. The van der Waals surface area contributed by atoms with Gasteiger partial charge in [0.1, 0.15) is 5.76 Å². The van der Waals surface area contributed by atoms with Crippen molar-refractivity contribution in [3.63, 3.8) is 0 Å². The molecule has 1 aliphatic carbocycles. The van der Waals surface area contributed by atoms with Crippen molar-refractivity contribution in [2.45, 2.75) is 46.1 Å². The minimum absolute atomic E-state index is 0.142. The van der Waals surface area contributed by atoms with E-state index in [-0.39, 0.29) is 24.1 Å². The van der Waals surface area contributed by atoms with Crippen molar-refractivity contribution in [2.75, 3.05) is 5.32 Å². The van der Waals surface area contributed by atoms with Crippen LogP contribution in [0.15, 0.2) is 16.5 Å². The van der Waals surface area contributed by atoms with Crippen LogP contribution in [0.4, 0.5) is 5.13 Å². The third-order valence-corrected chi connectivity index (χ3v) is 5.27. The molecule has 3 rings (SSSR count). The molecule has 7 heteroatoms. The van der Waals surface area contributed by atoms with E-state index in [0.29, 0.717) is 10.9 Å². The number of fused-ring (bicyclic) bond motifs is 1. The lowest BCUT2D eigenvalue weighted by Gasteiger charge is -2.18. The summed E-state index contributed by atoms with van der Waals surface area (Å²) < 4.78 is 5.45. The molecule has 2 N–H and O–H groups in total. The fourth-order valence-corrected chi connectivity index (χ4v) is 3.93. The number of anilines is 1. The molecule has 0 aromatic carbocycles. The summed E-state index contributed by atoms with van der Waals surface area (Å²) >= 11 is 1.56. The summed E-state index contributed by atoms with van der Waals surface area (Å²) in [4.78, 5) is 29.0. The normalized spacial score (nSPS) is 16.5. The number of nitrogens with zero attached hydrogens (tertiary/aromatic N) is 1. The number of thiazole rings is 1. The Bertz CT molecular complexity index is 750. The SMILES string of the molecule is CC[C@H]1CCc2nc(NC(=O)c3ccc(CNC(C)=O)o3)sc2C1. The highest BCUT2D eigenvalue weighted by Gasteiger charge is 2.22. The third-order valence-electron chi connectivity index (χ3n) is 4.24. The second-order valence-electron chi connectivity index (χ2n) is 6.04. The standard InChI is InChI=1S/C17H21N3O3S/c1-3-11-4-6-13-15(8-11)24-17(19-13)20-16(22)14-7-5-12(23-14)9-18-10(2)21/h5,7,11H,3-4,6,8-9H2,1-2H3,(H,18,21)(H,19,20,22)/t11-/m0/s1. The van der Waals surface area contributed by atoms with Crippen molar-refractivity contribution in [1.82, 2.24) is 10.3 Å². The first-order valence-corrected chi connectivity index (χ1v) is 9.00. The van der Waals surface area contributed by atoms with Crippen LogP contribution in [0.5, 0.6) is 0 Å². The highest BCUT2D eigenvalue weighted by molar-refractivity contribution is 7.15. The van der Waals surface area contributed by atoms with Crippen LogP contribution in [0.25, 0.3) is 0 Å². The van der Waals surface area contributed by atoms with Gasteiger partial charge < -0.3 is 9.73 Å². The highest BCUT2D eigenvalue weighted by Crippen LogP contribution is 2.33. The van der Waals surface area contributed by atoms with Crippen LogP contribution in [-0.2, 0) is 24.2 Å². The van der Waals surface area contributed by atoms with Gasteiger partial charge in [0.25, 0.3) is 5.91 Å². The zero-order valence-electron chi connectivity index (χ0n) is 13.8. The Hall–Kier alpha value is -2.15. The molecular weight excluding hydrogens is 326 g/mol. The molecule has 0 saturated carbocycles. The lowest BCUT2D eigenvalue weighted by molar-refractivity contribution is -0.119. The summed E-state index contributed by atoms with van der Waals surface area (Å²) in [5.41, 5.74) is 1.12. The van der Waals surface area contributed by atoms with E-state index in [0.717, 1.165) is 24.5 Å². The second-order valence-corrected chi connectivity index (χ2v) is 7.12. The first-order valence-electron chi connectivity index (χ1n) is 8.18. The van der Waals surface area contributed by atoms with Gasteiger partial charge in [0.2, 0.25) is 5.91 Å². The molecule has 1 aliphatic rings. The Kier molecular flexibility index (Phi) is 4.99. The third kappa shape index (κ3) is 3.84. The van der Waals surface area contributed by atoms with Gasteiger partial charge in [0.05, 0.1) is 12.2 Å². The van der Waals surface area contributed by atoms with Crippen LogP contribution in [0, 0.1) is 5.92 Å². The minimum Gasteiger partial charge on any atom is -0.454 e. The van der Waals surface area contributed by atoms with Gasteiger partial charge >= 0.3 is 0 Å². The molecule has 2 heterocycles. The van der Waals surface area contributed by atoms with Gasteiger partial charge in [-0.05, 0) is 37.3 Å². The largest absolute Gasteiger partial charge is 0.454 e. The van der Waals surface area contributed by atoms with E-state index < -0.39 is 0 Å². The van der Waals surface area contributed by atoms with Crippen molar-refractivity contribution in [1.29, 1.82) is 0 Å². The van der Waals surface area contributed by atoms with Crippen LogP contribution in [0.1, 0.15) is 53.6 Å². The number of aromatic nitrogens is 1. The zero-order chi connectivity index (χ0) is 17.1. The molecule has 6 nitrogen and oxygen atoms in total. The van der Waals surface area contributed by atoms with E-state index >= 15 is 0 Å². The Morgan fingerprint density at radius 2 is 2.25 bits per heavy atom. The number of nitrogens with one attached hydrogen (secondary N) is 2. The lowest BCUT2D eigenvalue weighted by atomic mass is 9.89. The molecule has 24 heavy (non-hydrogen) atoms. The molecule has 0 bridgehead atoms. The van der Waals surface area contributed by atoms with Gasteiger partial charge in [0, 0.05) is 11.8 Å². The second kappa shape index (κ2) is 7.17. The van der Waals surface area contributed by atoms with Gasteiger partial charge in [-0.25, -0.2) is 4.98 Å². The molecule has 0 fully saturated rings. The van der Waals surface area contributed by atoms with Crippen LogP contribution in [0.2, 0.25) is 0 Å². The first kappa shape index (κ1) is 16.7. The van der Waals surface area contributed by atoms with Gasteiger partial charge in [-0.2, -0.15) is 0 Å². The van der Waals surface area contributed by atoms with E-state index in [9.17, 15) is 9.59 Å². The summed E-state index contributed by atoms with van der Waals surface area (Å²) in [7, 11) is 0. The van der Waals surface area contributed by atoms with E-state index in [1.54, 1.807) is 23.5 Å². The minimum atomic E-state index is -0.317. The Morgan fingerprint density at radius 1 is 1.42 bits per heavy atom. The molecule has 128 valence electrons. The molecule has 0 radical (unpaired) electrons. The van der Waals surface area contributed by atoms with E-state index in [2.05, 4.69) is 22.5 Å². The average Bonchev–Trinajstić information content (AvgIpc) is 3.18. The fourth-order valence-electron chi connectivity index (χ4n) is 2.81. The number of aryl methyl sites for hydroxylation is 1. The Labute approximate surface area is 144 Å². The topological polar surface area (TPSA) is 84.2 Å². The Morgan fingerprint density at radius 3 is 3.00 bits per heavy atom. The predicted molar refractivity (Wildman–Crippen MR) is 92.1 cm³/mol. The van der Waals surface area contributed by atoms with Crippen molar-refractivity contribution < 1.29 is 14.0 Å². The number of hydrogen-bond acceptors (Lipinski definition) is 5. The molecule has 2 aromatic heterocycles. The van der Waals surface area contributed by atoms with Crippen molar-refractivity contribution >= 4 is 28.3 Å². The smallest absolute Gasteiger partial charge is 0.293 e.